The van der Waals surface area contributed by atoms with E-state index in [4.69, 9.17) is 23.2 Å². The molecule has 0 bridgehead atoms. The lowest BCUT2D eigenvalue weighted by Crippen LogP contribution is -2.48. The maximum atomic E-state index is 12.7. The van der Waals surface area contributed by atoms with E-state index in [-0.39, 0.29) is 42.1 Å². The topological polar surface area (TPSA) is 69.7 Å². The molecular formula is C20H25Cl2N3O3. The van der Waals surface area contributed by atoms with E-state index in [1.165, 1.54) is 0 Å². The van der Waals surface area contributed by atoms with Gasteiger partial charge in [0.15, 0.2) is 0 Å². The number of nitrogens with one attached hydrogen (secondary N) is 1. The zero-order chi connectivity index (χ0) is 20.4. The van der Waals surface area contributed by atoms with Gasteiger partial charge in [-0.3, -0.25) is 14.4 Å². The van der Waals surface area contributed by atoms with Gasteiger partial charge in [0.1, 0.15) is 0 Å². The van der Waals surface area contributed by atoms with Gasteiger partial charge in [0.2, 0.25) is 11.8 Å². The van der Waals surface area contributed by atoms with Crippen molar-refractivity contribution < 1.29 is 14.4 Å². The molecule has 3 amide bonds. The van der Waals surface area contributed by atoms with Crippen molar-refractivity contribution in [1.29, 1.82) is 0 Å². The highest BCUT2D eigenvalue weighted by Crippen LogP contribution is 2.24. The Morgan fingerprint density at radius 3 is 2.46 bits per heavy atom. The molecule has 2 heterocycles. The van der Waals surface area contributed by atoms with Crippen LogP contribution in [0.3, 0.4) is 0 Å². The van der Waals surface area contributed by atoms with Crippen LogP contribution in [0.1, 0.15) is 43.5 Å². The number of benzene rings is 1. The molecule has 28 heavy (non-hydrogen) atoms. The SMILES string of the molecule is CC(C)N1CC(C(=O)NC2CCN(C(=O)c3cc(Cl)ccc3Cl)CC2)CC1=O. The highest BCUT2D eigenvalue weighted by Gasteiger charge is 2.36. The van der Waals surface area contributed by atoms with Crippen LogP contribution in [0.15, 0.2) is 18.2 Å². The third-order valence-corrected chi connectivity index (χ3v) is 6.00. The lowest BCUT2D eigenvalue weighted by atomic mass is 10.0. The van der Waals surface area contributed by atoms with Crippen LogP contribution in [0.25, 0.3) is 0 Å². The number of halogens is 2. The van der Waals surface area contributed by atoms with E-state index >= 15 is 0 Å². The molecule has 2 fully saturated rings. The van der Waals surface area contributed by atoms with Crippen molar-refractivity contribution in [2.24, 2.45) is 5.92 Å². The molecule has 0 aromatic heterocycles. The second-order valence-corrected chi connectivity index (χ2v) is 8.58. The molecule has 2 aliphatic heterocycles. The summed E-state index contributed by atoms with van der Waals surface area (Å²) in [5, 5.41) is 3.91. The Morgan fingerprint density at radius 2 is 1.86 bits per heavy atom. The second kappa shape index (κ2) is 8.70. The van der Waals surface area contributed by atoms with Crippen LogP contribution < -0.4 is 5.32 Å². The first-order valence-corrected chi connectivity index (χ1v) is 10.4. The minimum atomic E-state index is -0.292. The van der Waals surface area contributed by atoms with Crippen molar-refractivity contribution in [2.75, 3.05) is 19.6 Å². The maximum Gasteiger partial charge on any atom is 0.255 e. The fourth-order valence-corrected chi connectivity index (χ4v) is 4.15. The summed E-state index contributed by atoms with van der Waals surface area (Å²) < 4.78 is 0. The van der Waals surface area contributed by atoms with Crippen molar-refractivity contribution in [3.8, 4) is 0 Å². The molecule has 3 rings (SSSR count). The molecule has 1 aromatic rings. The van der Waals surface area contributed by atoms with Gasteiger partial charge < -0.3 is 15.1 Å². The zero-order valence-corrected chi connectivity index (χ0v) is 17.6. The first-order valence-electron chi connectivity index (χ1n) is 9.60. The van der Waals surface area contributed by atoms with Gasteiger partial charge in [-0.15, -0.1) is 0 Å². The molecule has 1 N–H and O–H groups in total. The molecule has 8 heteroatoms. The largest absolute Gasteiger partial charge is 0.353 e. The average Bonchev–Trinajstić information content (AvgIpc) is 3.06. The number of rotatable bonds is 4. The van der Waals surface area contributed by atoms with Gasteiger partial charge in [0.25, 0.3) is 5.91 Å². The fraction of sp³-hybridized carbons (Fsp3) is 0.550. The molecule has 0 radical (unpaired) electrons. The molecule has 6 nitrogen and oxygen atoms in total. The van der Waals surface area contributed by atoms with Gasteiger partial charge in [-0.2, -0.15) is 0 Å². The van der Waals surface area contributed by atoms with Crippen LogP contribution in [0.5, 0.6) is 0 Å². The Morgan fingerprint density at radius 1 is 1.18 bits per heavy atom. The van der Waals surface area contributed by atoms with E-state index in [1.54, 1.807) is 28.0 Å². The van der Waals surface area contributed by atoms with Gasteiger partial charge in [-0.25, -0.2) is 0 Å². The third-order valence-electron chi connectivity index (χ3n) is 5.44. The standard InChI is InChI=1S/C20H25Cl2N3O3/c1-12(2)25-11-13(9-18(25)26)19(27)23-15-5-7-24(8-6-15)20(28)16-10-14(21)3-4-17(16)22/h3-4,10,12-13,15H,5-9,11H2,1-2H3,(H,23,27). The molecule has 0 spiro atoms. The summed E-state index contributed by atoms with van der Waals surface area (Å²) in [6, 6.07) is 4.97. The third kappa shape index (κ3) is 4.61. The van der Waals surface area contributed by atoms with Crippen LogP contribution >= 0.6 is 23.2 Å². The predicted molar refractivity (Wildman–Crippen MR) is 108 cm³/mol. The summed E-state index contributed by atoms with van der Waals surface area (Å²) in [6.07, 6.45) is 1.61. The van der Waals surface area contributed by atoms with Crippen molar-refractivity contribution in [1.82, 2.24) is 15.1 Å². The minimum Gasteiger partial charge on any atom is -0.353 e. The Kier molecular flexibility index (Phi) is 6.50. The lowest BCUT2D eigenvalue weighted by molar-refractivity contribution is -0.130. The minimum absolute atomic E-state index is 0.00888. The monoisotopic (exact) mass is 425 g/mol. The first-order chi connectivity index (χ1) is 13.3. The summed E-state index contributed by atoms with van der Waals surface area (Å²) in [5.41, 5.74) is 0.398. The quantitative estimate of drug-likeness (QED) is 0.805. The van der Waals surface area contributed by atoms with Crippen molar-refractivity contribution in [2.45, 2.75) is 45.2 Å². The Bertz CT molecular complexity index is 776. The highest BCUT2D eigenvalue weighted by atomic mass is 35.5. The van der Waals surface area contributed by atoms with Crippen LogP contribution in [0.2, 0.25) is 10.0 Å². The zero-order valence-electron chi connectivity index (χ0n) is 16.1. The molecule has 152 valence electrons. The number of amides is 3. The lowest BCUT2D eigenvalue weighted by Gasteiger charge is -2.33. The van der Waals surface area contributed by atoms with Crippen molar-refractivity contribution in [3.63, 3.8) is 0 Å². The van der Waals surface area contributed by atoms with E-state index in [9.17, 15) is 14.4 Å². The molecule has 2 saturated heterocycles. The van der Waals surface area contributed by atoms with E-state index in [0.717, 1.165) is 0 Å². The molecular weight excluding hydrogens is 401 g/mol. The van der Waals surface area contributed by atoms with Gasteiger partial charge in [-0.1, -0.05) is 23.2 Å². The van der Waals surface area contributed by atoms with Gasteiger partial charge in [-0.05, 0) is 44.9 Å². The Labute approximate surface area is 175 Å². The number of hydrogen-bond acceptors (Lipinski definition) is 3. The molecule has 1 aromatic carbocycles. The number of hydrogen-bond donors (Lipinski definition) is 1. The van der Waals surface area contributed by atoms with E-state index < -0.39 is 0 Å². The number of carbonyl (C=O) groups is 3. The van der Waals surface area contributed by atoms with E-state index in [1.807, 2.05) is 13.8 Å². The summed E-state index contributed by atoms with van der Waals surface area (Å²) in [4.78, 5) is 40.7. The first kappa shape index (κ1) is 20.9. The second-order valence-electron chi connectivity index (χ2n) is 7.74. The summed E-state index contributed by atoms with van der Waals surface area (Å²) in [7, 11) is 0. The van der Waals surface area contributed by atoms with Gasteiger partial charge in [0.05, 0.1) is 16.5 Å². The van der Waals surface area contributed by atoms with E-state index in [0.29, 0.717) is 48.1 Å². The summed E-state index contributed by atoms with van der Waals surface area (Å²) >= 11 is 12.1. The molecule has 2 aliphatic rings. The Balaban J connectivity index is 1.52. The molecule has 1 unspecified atom stereocenters. The maximum absolute atomic E-state index is 12.7. The number of nitrogens with zero attached hydrogens (tertiary/aromatic N) is 2. The molecule has 0 aliphatic carbocycles. The summed E-state index contributed by atoms with van der Waals surface area (Å²) in [6.45, 7) is 5.46. The molecule has 1 atom stereocenters. The summed E-state index contributed by atoms with van der Waals surface area (Å²) in [5.74, 6) is -0.473. The van der Waals surface area contributed by atoms with Crippen LogP contribution in [-0.2, 0) is 9.59 Å². The number of piperidine rings is 1. The van der Waals surface area contributed by atoms with Crippen molar-refractivity contribution >= 4 is 40.9 Å². The fourth-order valence-electron chi connectivity index (χ4n) is 3.78. The van der Waals surface area contributed by atoms with Crippen LogP contribution in [-0.4, -0.2) is 59.2 Å². The average molecular weight is 426 g/mol. The normalized spacial score (nSPS) is 20.8. The van der Waals surface area contributed by atoms with Gasteiger partial charge in [0, 0.05) is 43.2 Å². The number of likely N-dealkylation sites (tertiary alicyclic amines) is 2. The Hall–Kier alpha value is -1.79. The number of carbonyl (C=O) groups excluding carboxylic acids is 3. The van der Waals surface area contributed by atoms with Crippen LogP contribution in [0, 0.1) is 5.92 Å². The molecule has 0 saturated carbocycles. The predicted octanol–water partition coefficient (Wildman–Crippen LogP) is 2.97. The van der Waals surface area contributed by atoms with E-state index in [2.05, 4.69) is 5.32 Å². The highest BCUT2D eigenvalue weighted by molar-refractivity contribution is 6.35. The van der Waals surface area contributed by atoms with Gasteiger partial charge >= 0.3 is 0 Å². The van der Waals surface area contributed by atoms with Crippen molar-refractivity contribution in [3.05, 3.63) is 33.8 Å². The van der Waals surface area contributed by atoms with Crippen LogP contribution in [0.4, 0.5) is 0 Å². The smallest absolute Gasteiger partial charge is 0.255 e.